The molecule has 1 aromatic heterocycles. The molecule has 96 valence electrons. The van der Waals surface area contributed by atoms with Crippen molar-refractivity contribution in [1.82, 2.24) is 10.3 Å². The zero-order valence-electron chi connectivity index (χ0n) is 10.7. The van der Waals surface area contributed by atoms with Crippen molar-refractivity contribution in [3.05, 3.63) is 22.8 Å². The summed E-state index contributed by atoms with van der Waals surface area (Å²) >= 11 is 5.34. The highest BCUT2D eigenvalue weighted by atomic mass is 79.9. The second-order valence-corrected chi connectivity index (χ2v) is 6.60. The first-order valence-electron chi connectivity index (χ1n) is 6.14. The van der Waals surface area contributed by atoms with Crippen LogP contribution in [0.3, 0.4) is 0 Å². The Kier molecular flexibility index (Phi) is 7.16. The molecule has 4 heteroatoms. The van der Waals surface area contributed by atoms with E-state index in [1.807, 2.05) is 30.1 Å². The van der Waals surface area contributed by atoms with Crippen molar-refractivity contribution in [1.29, 1.82) is 0 Å². The molecule has 1 aromatic rings. The van der Waals surface area contributed by atoms with Crippen LogP contribution in [0.25, 0.3) is 0 Å². The van der Waals surface area contributed by atoms with E-state index in [-0.39, 0.29) is 0 Å². The Labute approximate surface area is 117 Å². The highest BCUT2D eigenvalue weighted by molar-refractivity contribution is 9.10. The molecule has 0 radical (unpaired) electrons. The van der Waals surface area contributed by atoms with Crippen molar-refractivity contribution in [2.24, 2.45) is 0 Å². The standard InChI is InChI=1S/C13H21BrN2S/c1-4-6-10(2)16-9-11(3)17-13-12(14)7-5-8-15-13/h5,7-8,10-11,16H,4,6,9H2,1-3H3. The number of hydrogen-bond donors (Lipinski definition) is 1. The molecule has 0 aliphatic rings. The highest BCUT2D eigenvalue weighted by Gasteiger charge is 2.09. The van der Waals surface area contributed by atoms with E-state index in [2.05, 4.69) is 47.0 Å². The maximum absolute atomic E-state index is 4.37. The lowest BCUT2D eigenvalue weighted by Crippen LogP contribution is -2.31. The number of nitrogens with zero attached hydrogens (tertiary/aromatic N) is 1. The molecule has 0 amide bonds. The van der Waals surface area contributed by atoms with Crippen LogP contribution in [0, 0.1) is 0 Å². The predicted octanol–water partition coefficient (Wildman–Crippen LogP) is 4.10. The molecular formula is C13H21BrN2S. The SMILES string of the molecule is CCCC(C)NCC(C)Sc1ncccc1Br. The van der Waals surface area contributed by atoms with Crippen molar-refractivity contribution in [2.45, 2.75) is 49.9 Å². The third kappa shape index (κ3) is 5.89. The van der Waals surface area contributed by atoms with E-state index in [9.17, 15) is 0 Å². The summed E-state index contributed by atoms with van der Waals surface area (Å²) in [5.74, 6) is 0. The minimum atomic E-state index is 0.528. The summed E-state index contributed by atoms with van der Waals surface area (Å²) in [4.78, 5) is 4.37. The van der Waals surface area contributed by atoms with E-state index < -0.39 is 0 Å². The lowest BCUT2D eigenvalue weighted by Gasteiger charge is -2.17. The fourth-order valence-corrected chi connectivity index (χ4v) is 2.99. The first kappa shape index (κ1) is 15.0. The monoisotopic (exact) mass is 316 g/mol. The Morgan fingerprint density at radius 3 is 2.88 bits per heavy atom. The van der Waals surface area contributed by atoms with Crippen LogP contribution in [0.15, 0.2) is 27.8 Å². The molecule has 0 fully saturated rings. The number of pyridine rings is 1. The quantitative estimate of drug-likeness (QED) is 0.766. The van der Waals surface area contributed by atoms with Gasteiger partial charge in [0.05, 0.1) is 0 Å². The summed E-state index contributed by atoms with van der Waals surface area (Å²) in [5.41, 5.74) is 0. The van der Waals surface area contributed by atoms with Crippen LogP contribution >= 0.6 is 27.7 Å². The summed E-state index contributed by atoms with van der Waals surface area (Å²) < 4.78 is 1.08. The molecule has 0 aliphatic heterocycles. The highest BCUT2D eigenvalue weighted by Crippen LogP contribution is 2.27. The Hall–Kier alpha value is -0.0600. The van der Waals surface area contributed by atoms with Gasteiger partial charge in [0.2, 0.25) is 0 Å². The third-order valence-corrected chi connectivity index (χ3v) is 4.53. The van der Waals surface area contributed by atoms with E-state index in [0.29, 0.717) is 11.3 Å². The number of aromatic nitrogens is 1. The largest absolute Gasteiger partial charge is 0.313 e. The molecule has 1 heterocycles. The van der Waals surface area contributed by atoms with E-state index in [0.717, 1.165) is 16.0 Å². The molecule has 0 bridgehead atoms. The Morgan fingerprint density at radius 1 is 1.47 bits per heavy atom. The number of hydrogen-bond acceptors (Lipinski definition) is 3. The lowest BCUT2D eigenvalue weighted by molar-refractivity contribution is 0.511. The molecule has 0 saturated carbocycles. The van der Waals surface area contributed by atoms with Crippen molar-refractivity contribution in [2.75, 3.05) is 6.54 Å². The first-order chi connectivity index (χ1) is 8.13. The smallest absolute Gasteiger partial charge is 0.110 e. The van der Waals surface area contributed by atoms with Gasteiger partial charge in [-0.15, -0.1) is 11.8 Å². The van der Waals surface area contributed by atoms with Crippen LogP contribution in [0.4, 0.5) is 0 Å². The molecule has 2 unspecified atom stereocenters. The second-order valence-electron chi connectivity index (χ2n) is 4.32. The van der Waals surface area contributed by atoms with Gasteiger partial charge in [-0.05, 0) is 41.4 Å². The van der Waals surface area contributed by atoms with E-state index >= 15 is 0 Å². The zero-order chi connectivity index (χ0) is 12.7. The molecule has 2 nitrogen and oxygen atoms in total. The van der Waals surface area contributed by atoms with Crippen molar-refractivity contribution in [3.63, 3.8) is 0 Å². The molecular weight excluding hydrogens is 296 g/mol. The average Bonchev–Trinajstić information content (AvgIpc) is 2.30. The molecule has 2 atom stereocenters. The van der Waals surface area contributed by atoms with Gasteiger partial charge >= 0.3 is 0 Å². The molecule has 0 aliphatic carbocycles. The van der Waals surface area contributed by atoms with Gasteiger partial charge < -0.3 is 5.32 Å². The van der Waals surface area contributed by atoms with E-state index in [4.69, 9.17) is 0 Å². The van der Waals surface area contributed by atoms with Crippen molar-refractivity contribution >= 4 is 27.7 Å². The zero-order valence-corrected chi connectivity index (χ0v) is 13.1. The second kappa shape index (κ2) is 8.11. The average molecular weight is 317 g/mol. The van der Waals surface area contributed by atoms with E-state index in [1.165, 1.54) is 12.8 Å². The topological polar surface area (TPSA) is 24.9 Å². The van der Waals surface area contributed by atoms with Crippen LogP contribution < -0.4 is 5.32 Å². The van der Waals surface area contributed by atoms with Gasteiger partial charge in [-0.3, -0.25) is 0 Å². The summed E-state index contributed by atoms with van der Waals surface area (Å²) in [6, 6.07) is 4.59. The number of thioether (sulfide) groups is 1. The minimum absolute atomic E-state index is 0.528. The third-order valence-electron chi connectivity index (χ3n) is 2.51. The number of halogens is 1. The molecule has 0 spiro atoms. The van der Waals surface area contributed by atoms with Crippen LogP contribution in [0.2, 0.25) is 0 Å². The summed E-state index contributed by atoms with van der Waals surface area (Å²) in [5, 5.41) is 5.16. The minimum Gasteiger partial charge on any atom is -0.313 e. The van der Waals surface area contributed by atoms with Gasteiger partial charge in [-0.25, -0.2) is 4.98 Å². The fraction of sp³-hybridized carbons (Fsp3) is 0.615. The van der Waals surface area contributed by atoms with Gasteiger partial charge in [-0.2, -0.15) is 0 Å². The molecule has 0 aromatic carbocycles. The summed E-state index contributed by atoms with van der Waals surface area (Å²) in [7, 11) is 0. The van der Waals surface area contributed by atoms with Crippen LogP contribution in [0.5, 0.6) is 0 Å². The summed E-state index contributed by atoms with van der Waals surface area (Å²) in [6.07, 6.45) is 4.32. The van der Waals surface area contributed by atoms with Crippen molar-refractivity contribution in [3.8, 4) is 0 Å². The Balaban J connectivity index is 2.34. The predicted molar refractivity (Wildman–Crippen MR) is 79.6 cm³/mol. The Bertz CT molecular complexity index is 333. The normalized spacial score (nSPS) is 14.6. The number of nitrogens with one attached hydrogen (secondary N) is 1. The molecule has 0 saturated heterocycles. The first-order valence-corrected chi connectivity index (χ1v) is 7.81. The molecule has 1 rings (SSSR count). The van der Waals surface area contributed by atoms with Crippen LogP contribution in [-0.2, 0) is 0 Å². The van der Waals surface area contributed by atoms with Gasteiger partial charge in [0.15, 0.2) is 0 Å². The van der Waals surface area contributed by atoms with Gasteiger partial charge in [0.1, 0.15) is 5.03 Å². The maximum Gasteiger partial charge on any atom is 0.110 e. The molecule has 17 heavy (non-hydrogen) atoms. The van der Waals surface area contributed by atoms with Gasteiger partial charge in [0, 0.05) is 28.5 Å². The maximum atomic E-state index is 4.37. The van der Waals surface area contributed by atoms with Crippen LogP contribution in [0.1, 0.15) is 33.6 Å². The van der Waals surface area contributed by atoms with Crippen molar-refractivity contribution < 1.29 is 0 Å². The van der Waals surface area contributed by atoms with Gasteiger partial charge in [0.25, 0.3) is 0 Å². The van der Waals surface area contributed by atoms with E-state index in [1.54, 1.807) is 0 Å². The Morgan fingerprint density at radius 2 is 2.24 bits per heavy atom. The van der Waals surface area contributed by atoms with Crippen LogP contribution in [-0.4, -0.2) is 22.8 Å². The number of rotatable bonds is 7. The lowest BCUT2D eigenvalue weighted by atomic mass is 10.2. The molecule has 1 N–H and O–H groups in total. The fourth-order valence-electron chi connectivity index (χ4n) is 1.59. The van der Waals surface area contributed by atoms with Gasteiger partial charge in [-0.1, -0.05) is 20.3 Å². The summed E-state index contributed by atoms with van der Waals surface area (Å²) in [6.45, 7) is 7.73.